The molecule has 0 aliphatic carbocycles. The van der Waals surface area contributed by atoms with Crippen molar-refractivity contribution in [1.82, 2.24) is 0 Å². The second-order valence-electron chi connectivity index (χ2n) is 5.03. The summed E-state index contributed by atoms with van der Waals surface area (Å²) in [5.74, 6) is 2.65. The van der Waals surface area contributed by atoms with Gasteiger partial charge in [0.1, 0.15) is 5.75 Å². The lowest BCUT2D eigenvalue weighted by atomic mass is 10.1. The van der Waals surface area contributed by atoms with Crippen LogP contribution in [0.3, 0.4) is 0 Å². The molecule has 0 saturated heterocycles. The Balaban J connectivity index is 1.57. The zero-order valence-electron chi connectivity index (χ0n) is 12.9. The molecule has 0 saturated carbocycles. The van der Waals surface area contributed by atoms with E-state index in [1.54, 1.807) is 7.11 Å². The molecule has 0 atom stereocenters. The fourth-order valence-corrected chi connectivity index (χ4v) is 2.33. The topological polar surface area (TPSA) is 78.1 Å². The lowest BCUT2D eigenvalue weighted by Gasteiger charge is -2.10. The highest BCUT2D eigenvalue weighted by Crippen LogP contribution is 2.32. The van der Waals surface area contributed by atoms with Crippen molar-refractivity contribution in [3.8, 4) is 17.2 Å². The molecular weight excluding hydrogens is 294 g/mol. The molecule has 0 fully saturated rings. The van der Waals surface area contributed by atoms with Crippen LogP contribution < -0.4 is 25.3 Å². The van der Waals surface area contributed by atoms with Crippen LogP contribution in [-0.2, 0) is 6.42 Å². The molecule has 3 rings (SSSR count). The van der Waals surface area contributed by atoms with Gasteiger partial charge in [-0.05, 0) is 36.2 Å². The number of guanidine groups is 1. The third-order valence-electron chi connectivity index (χ3n) is 3.49. The van der Waals surface area contributed by atoms with Crippen molar-refractivity contribution in [2.75, 3.05) is 25.8 Å². The Morgan fingerprint density at radius 3 is 2.91 bits per heavy atom. The van der Waals surface area contributed by atoms with Crippen LogP contribution in [0.5, 0.6) is 17.2 Å². The van der Waals surface area contributed by atoms with E-state index in [4.69, 9.17) is 19.9 Å². The summed E-state index contributed by atoms with van der Waals surface area (Å²) in [6, 6.07) is 13.5. The van der Waals surface area contributed by atoms with Crippen LogP contribution in [0.1, 0.15) is 5.56 Å². The number of nitrogens with two attached hydrogens (primary N) is 1. The minimum atomic E-state index is 0.284. The molecule has 120 valence electrons. The fraction of sp³-hybridized carbons (Fsp3) is 0.235. The number of aliphatic imine (C=N–C) groups is 1. The molecule has 0 amide bonds. The van der Waals surface area contributed by atoms with Crippen LogP contribution in [0, 0.1) is 0 Å². The Kier molecular flexibility index (Phi) is 4.52. The molecule has 23 heavy (non-hydrogen) atoms. The number of para-hydroxylation sites is 2. The normalized spacial score (nSPS) is 13.0. The number of benzene rings is 2. The summed E-state index contributed by atoms with van der Waals surface area (Å²) >= 11 is 0. The first-order valence-corrected chi connectivity index (χ1v) is 7.35. The first kappa shape index (κ1) is 15.0. The Hall–Kier alpha value is -2.89. The lowest BCUT2D eigenvalue weighted by molar-refractivity contribution is 0.174. The fourth-order valence-electron chi connectivity index (χ4n) is 2.33. The number of rotatable bonds is 5. The molecule has 0 unspecified atom stereocenters. The van der Waals surface area contributed by atoms with E-state index in [0.29, 0.717) is 12.5 Å². The van der Waals surface area contributed by atoms with Crippen molar-refractivity contribution in [2.24, 2.45) is 10.7 Å². The summed E-state index contributed by atoms with van der Waals surface area (Å²) < 4.78 is 15.9. The average Bonchev–Trinajstić information content (AvgIpc) is 3.03. The number of ether oxygens (including phenoxy) is 3. The van der Waals surface area contributed by atoms with E-state index >= 15 is 0 Å². The molecule has 0 aromatic heterocycles. The van der Waals surface area contributed by atoms with E-state index < -0.39 is 0 Å². The smallest absolute Gasteiger partial charge is 0.231 e. The van der Waals surface area contributed by atoms with E-state index in [9.17, 15) is 0 Å². The van der Waals surface area contributed by atoms with Gasteiger partial charge in [-0.1, -0.05) is 18.2 Å². The molecule has 2 aromatic carbocycles. The minimum Gasteiger partial charge on any atom is -0.495 e. The molecule has 0 bridgehead atoms. The molecule has 0 radical (unpaired) electrons. The van der Waals surface area contributed by atoms with E-state index in [-0.39, 0.29) is 6.79 Å². The van der Waals surface area contributed by atoms with Gasteiger partial charge < -0.3 is 25.3 Å². The van der Waals surface area contributed by atoms with Gasteiger partial charge >= 0.3 is 0 Å². The summed E-state index contributed by atoms with van der Waals surface area (Å²) in [4.78, 5) is 4.34. The second kappa shape index (κ2) is 6.91. The summed E-state index contributed by atoms with van der Waals surface area (Å²) in [5.41, 5.74) is 7.84. The minimum absolute atomic E-state index is 0.284. The quantitative estimate of drug-likeness (QED) is 0.654. The Morgan fingerprint density at radius 2 is 2.04 bits per heavy atom. The number of methoxy groups -OCH3 is 1. The number of nitrogens with one attached hydrogen (secondary N) is 1. The number of nitrogens with zero attached hydrogens (tertiary/aromatic N) is 1. The van der Waals surface area contributed by atoms with Gasteiger partial charge in [-0.15, -0.1) is 0 Å². The maximum Gasteiger partial charge on any atom is 0.231 e. The van der Waals surface area contributed by atoms with E-state index in [2.05, 4.69) is 10.3 Å². The molecule has 1 heterocycles. The third-order valence-corrected chi connectivity index (χ3v) is 3.49. The largest absolute Gasteiger partial charge is 0.495 e. The van der Waals surface area contributed by atoms with Gasteiger partial charge in [0, 0.05) is 6.54 Å². The number of anilines is 1. The van der Waals surface area contributed by atoms with E-state index in [1.165, 1.54) is 0 Å². The Morgan fingerprint density at radius 1 is 1.22 bits per heavy atom. The van der Waals surface area contributed by atoms with Crippen LogP contribution >= 0.6 is 0 Å². The highest BCUT2D eigenvalue weighted by Gasteiger charge is 2.12. The molecule has 1 aliphatic heterocycles. The number of hydrogen-bond donors (Lipinski definition) is 2. The SMILES string of the molecule is COc1ccccc1NC(N)=NCCc1ccc2c(c1)OCO2. The number of hydrogen-bond acceptors (Lipinski definition) is 4. The van der Waals surface area contributed by atoms with Gasteiger partial charge in [0.15, 0.2) is 17.5 Å². The van der Waals surface area contributed by atoms with E-state index in [0.717, 1.165) is 34.9 Å². The molecule has 0 spiro atoms. The second-order valence-corrected chi connectivity index (χ2v) is 5.03. The van der Waals surface area contributed by atoms with Gasteiger partial charge in [0.25, 0.3) is 0 Å². The first-order valence-electron chi connectivity index (χ1n) is 7.35. The van der Waals surface area contributed by atoms with Crippen LogP contribution in [0.4, 0.5) is 5.69 Å². The first-order chi connectivity index (χ1) is 11.3. The van der Waals surface area contributed by atoms with Gasteiger partial charge in [-0.2, -0.15) is 0 Å². The maximum absolute atomic E-state index is 5.92. The lowest BCUT2D eigenvalue weighted by Crippen LogP contribution is -2.23. The molecular formula is C17H19N3O3. The zero-order chi connectivity index (χ0) is 16.1. The van der Waals surface area contributed by atoms with Gasteiger partial charge in [-0.3, -0.25) is 4.99 Å². The van der Waals surface area contributed by atoms with Crippen LogP contribution in [0.15, 0.2) is 47.5 Å². The third kappa shape index (κ3) is 3.66. The Labute approximate surface area is 134 Å². The maximum atomic E-state index is 5.92. The van der Waals surface area contributed by atoms with Crippen LogP contribution in [0.25, 0.3) is 0 Å². The summed E-state index contributed by atoms with van der Waals surface area (Å²) in [6.07, 6.45) is 0.769. The van der Waals surface area contributed by atoms with Crippen molar-refractivity contribution in [3.63, 3.8) is 0 Å². The van der Waals surface area contributed by atoms with Crippen molar-refractivity contribution in [3.05, 3.63) is 48.0 Å². The van der Waals surface area contributed by atoms with Crippen LogP contribution in [0.2, 0.25) is 0 Å². The predicted octanol–water partition coefficient (Wildman–Crippen LogP) is 2.39. The number of fused-ring (bicyclic) bond motifs is 1. The zero-order valence-corrected chi connectivity index (χ0v) is 12.9. The summed E-state index contributed by atoms with van der Waals surface area (Å²) in [6.45, 7) is 0.861. The van der Waals surface area contributed by atoms with Crippen molar-refractivity contribution < 1.29 is 14.2 Å². The van der Waals surface area contributed by atoms with Gasteiger partial charge in [-0.25, -0.2) is 0 Å². The summed E-state index contributed by atoms with van der Waals surface area (Å²) in [7, 11) is 1.62. The summed E-state index contributed by atoms with van der Waals surface area (Å²) in [5, 5.41) is 3.05. The Bertz CT molecular complexity index is 716. The predicted molar refractivity (Wildman–Crippen MR) is 89.4 cm³/mol. The standard InChI is InChI=1S/C17H19N3O3/c1-21-14-5-3-2-4-13(14)20-17(18)19-9-8-12-6-7-15-16(10-12)23-11-22-15/h2-7,10H,8-9,11H2,1H3,(H3,18,19,20). The van der Waals surface area contributed by atoms with Gasteiger partial charge in [0.05, 0.1) is 12.8 Å². The van der Waals surface area contributed by atoms with Crippen LogP contribution in [-0.4, -0.2) is 26.4 Å². The molecule has 2 aromatic rings. The van der Waals surface area contributed by atoms with E-state index in [1.807, 2.05) is 42.5 Å². The highest BCUT2D eigenvalue weighted by atomic mass is 16.7. The van der Waals surface area contributed by atoms with Crippen molar-refractivity contribution >= 4 is 11.6 Å². The average molecular weight is 313 g/mol. The molecule has 6 heteroatoms. The molecule has 1 aliphatic rings. The molecule has 3 N–H and O–H groups in total. The monoisotopic (exact) mass is 313 g/mol. The van der Waals surface area contributed by atoms with Crippen molar-refractivity contribution in [2.45, 2.75) is 6.42 Å². The molecule has 6 nitrogen and oxygen atoms in total. The van der Waals surface area contributed by atoms with Gasteiger partial charge in [0.2, 0.25) is 6.79 Å². The van der Waals surface area contributed by atoms with Crippen molar-refractivity contribution in [1.29, 1.82) is 0 Å². The highest BCUT2D eigenvalue weighted by molar-refractivity contribution is 5.93.